The third-order valence-corrected chi connectivity index (χ3v) is 14.3. The predicted molar refractivity (Wildman–Crippen MR) is 260 cm³/mol. The van der Waals surface area contributed by atoms with Gasteiger partial charge in [0.25, 0.3) is 0 Å². The van der Waals surface area contributed by atoms with Gasteiger partial charge in [0, 0.05) is 38.7 Å². The van der Waals surface area contributed by atoms with Gasteiger partial charge in [-0.15, -0.1) is 0 Å². The molecule has 1 unspecified atom stereocenters. The van der Waals surface area contributed by atoms with E-state index in [1.807, 2.05) is 58.0 Å². The summed E-state index contributed by atoms with van der Waals surface area (Å²) in [4.78, 5) is 0. The van der Waals surface area contributed by atoms with Gasteiger partial charge in [0.15, 0.2) is 0 Å². The fraction of sp³-hybridized carbons (Fsp3) is 0.288. The molecule has 4 nitrogen and oxygen atoms in total. The van der Waals surface area contributed by atoms with Gasteiger partial charge in [-0.3, -0.25) is 0 Å². The van der Waals surface area contributed by atoms with Crippen molar-refractivity contribution >= 4 is 0 Å². The molecule has 324 valence electrons. The van der Waals surface area contributed by atoms with Crippen LogP contribution in [0.1, 0.15) is 145 Å². The van der Waals surface area contributed by atoms with Gasteiger partial charge in [-0.2, -0.15) is 0 Å². The Labute approximate surface area is 375 Å². The lowest BCUT2D eigenvalue weighted by Crippen LogP contribution is -2.23. The van der Waals surface area contributed by atoms with Gasteiger partial charge in [0.2, 0.25) is 0 Å². The maximum Gasteiger partial charge on any atom is 0.122 e. The van der Waals surface area contributed by atoms with Crippen molar-refractivity contribution in [2.24, 2.45) is 0 Å². The summed E-state index contributed by atoms with van der Waals surface area (Å²) in [6, 6.07) is 48.0. The topological polar surface area (TPSA) is 80.9 Å². The predicted octanol–water partition coefficient (Wildman–Crippen LogP) is 14.2. The summed E-state index contributed by atoms with van der Waals surface area (Å²) >= 11 is 0. The summed E-state index contributed by atoms with van der Waals surface area (Å²) in [5.41, 5.74) is 13.2. The van der Waals surface area contributed by atoms with E-state index in [2.05, 4.69) is 152 Å². The molecule has 1 atom stereocenters. The van der Waals surface area contributed by atoms with Crippen molar-refractivity contribution in [2.75, 3.05) is 0 Å². The fourth-order valence-corrected chi connectivity index (χ4v) is 9.30. The number of aryl methyl sites for hydroxylation is 4. The Morgan fingerprint density at radius 2 is 0.651 bits per heavy atom. The molecule has 7 aromatic carbocycles. The Morgan fingerprint density at radius 1 is 0.317 bits per heavy atom. The van der Waals surface area contributed by atoms with Gasteiger partial charge in [-0.05, 0) is 112 Å². The molecule has 0 aliphatic carbocycles. The molecule has 0 bridgehead atoms. The molecule has 63 heavy (non-hydrogen) atoms. The van der Waals surface area contributed by atoms with Gasteiger partial charge >= 0.3 is 0 Å². The highest BCUT2D eigenvalue weighted by molar-refractivity contribution is 5.61. The second-order valence-electron chi connectivity index (χ2n) is 20.0. The molecular weight excluding hydrogens is 773 g/mol. The second-order valence-corrected chi connectivity index (χ2v) is 20.0. The average molecular weight is 837 g/mol. The first-order valence-electron chi connectivity index (χ1n) is 22.1. The lowest BCUT2D eigenvalue weighted by molar-refractivity contribution is 0.452. The van der Waals surface area contributed by atoms with Crippen LogP contribution >= 0.6 is 0 Å². The normalized spacial score (nSPS) is 13.0. The largest absolute Gasteiger partial charge is 0.508 e. The SMILES string of the molecule is Cc1cc(C(C)(C)c2ccc(C(C)(C)c3cc(C)c(O)c(C(c4ccccc4)c4cc(C(C)(C)c5cccc(C(C)(C)c6ccc(O)c(C)c6)c5)cc(C)c4O)c3)cc2)ccc1O. The zero-order chi connectivity index (χ0) is 45.8. The Morgan fingerprint density at radius 3 is 1.06 bits per heavy atom. The van der Waals surface area contributed by atoms with Crippen LogP contribution in [0.15, 0.2) is 140 Å². The van der Waals surface area contributed by atoms with Gasteiger partial charge in [-0.1, -0.05) is 183 Å². The quantitative estimate of drug-likeness (QED) is 0.0979. The number of hydrogen-bond acceptors (Lipinski definition) is 4. The Hall–Kier alpha value is -6.26. The summed E-state index contributed by atoms with van der Waals surface area (Å²) in [6.07, 6.45) is 0. The van der Waals surface area contributed by atoms with E-state index in [1.165, 1.54) is 11.1 Å². The van der Waals surface area contributed by atoms with E-state index in [4.69, 9.17) is 0 Å². The van der Waals surface area contributed by atoms with Crippen molar-refractivity contribution in [2.45, 2.75) is 111 Å². The smallest absolute Gasteiger partial charge is 0.122 e. The van der Waals surface area contributed by atoms with Gasteiger partial charge < -0.3 is 20.4 Å². The van der Waals surface area contributed by atoms with E-state index >= 15 is 0 Å². The van der Waals surface area contributed by atoms with Crippen LogP contribution in [0.2, 0.25) is 0 Å². The number of rotatable bonds is 11. The molecule has 0 saturated carbocycles. The van der Waals surface area contributed by atoms with E-state index in [9.17, 15) is 20.4 Å². The molecule has 7 rings (SSSR count). The number of phenols is 4. The van der Waals surface area contributed by atoms with Crippen molar-refractivity contribution < 1.29 is 20.4 Å². The Kier molecular flexibility index (Phi) is 11.7. The van der Waals surface area contributed by atoms with Gasteiger partial charge in [0.1, 0.15) is 23.0 Å². The third-order valence-electron chi connectivity index (χ3n) is 14.3. The maximum absolute atomic E-state index is 12.1. The molecule has 4 N–H and O–H groups in total. The second kappa shape index (κ2) is 16.5. The maximum atomic E-state index is 12.1. The average Bonchev–Trinajstić information content (AvgIpc) is 3.25. The van der Waals surface area contributed by atoms with Gasteiger partial charge in [0.05, 0.1) is 0 Å². The molecule has 0 radical (unpaired) electrons. The lowest BCUT2D eigenvalue weighted by atomic mass is 9.71. The summed E-state index contributed by atoms with van der Waals surface area (Å²) in [7, 11) is 0. The first-order chi connectivity index (χ1) is 29.5. The molecule has 0 aromatic heterocycles. The number of aromatic hydroxyl groups is 4. The summed E-state index contributed by atoms with van der Waals surface area (Å²) < 4.78 is 0. The number of hydrogen-bond donors (Lipinski definition) is 4. The van der Waals surface area contributed by atoms with Gasteiger partial charge in [-0.25, -0.2) is 0 Å². The van der Waals surface area contributed by atoms with E-state index in [0.717, 1.165) is 72.3 Å². The van der Waals surface area contributed by atoms with Crippen molar-refractivity contribution in [1.29, 1.82) is 0 Å². The van der Waals surface area contributed by atoms with Crippen LogP contribution in [0.4, 0.5) is 0 Å². The highest BCUT2D eigenvalue weighted by Crippen LogP contribution is 2.48. The van der Waals surface area contributed by atoms with Crippen LogP contribution in [0, 0.1) is 27.7 Å². The highest BCUT2D eigenvalue weighted by Gasteiger charge is 2.34. The van der Waals surface area contributed by atoms with Crippen molar-refractivity contribution in [1.82, 2.24) is 0 Å². The zero-order valence-electron chi connectivity index (χ0n) is 39.1. The minimum absolute atomic E-state index is 0.213. The minimum atomic E-state index is -0.477. The van der Waals surface area contributed by atoms with Crippen LogP contribution in [0.3, 0.4) is 0 Å². The van der Waals surface area contributed by atoms with Crippen molar-refractivity contribution in [3.05, 3.63) is 223 Å². The summed E-state index contributed by atoms with van der Waals surface area (Å²) in [6.45, 7) is 25.6. The van der Waals surface area contributed by atoms with E-state index in [0.29, 0.717) is 11.5 Å². The fourth-order valence-electron chi connectivity index (χ4n) is 9.30. The Balaban J connectivity index is 1.31. The molecule has 0 amide bonds. The molecule has 0 fully saturated rings. The van der Waals surface area contributed by atoms with Crippen LogP contribution in [-0.2, 0) is 21.7 Å². The number of benzene rings is 7. The zero-order valence-corrected chi connectivity index (χ0v) is 39.1. The minimum Gasteiger partial charge on any atom is -0.508 e. The van der Waals surface area contributed by atoms with Crippen LogP contribution in [-0.4, -0.2) is 20.4 Å². The lowest BCUT2D eigenvalue weighted by Gasteiger charge is -2.33. The standard InChI is InChI=1S/C59H64O4/c1-36-29-45(25-27-51(36)60)56(5,6)41-21-23-42(24-22-41)57(7,8)47-31-38(3)54(62)49(34-47)53(40-17-14-13-15-18-40)50-35-48(32-39(4)55(50)63)59(11,12)44-20-16-19-43(33-44)58(9,10)46-26-28-52(61)37(2)30-46/h13-35,53,60-63H,1-12H3. The molecule has 0 aliphatic rings. The van der Waals surface area contributed by atoms with Crippen molar-refractivity contribution in [3.8, 4) is 23.0 Å². The highest BCUT2D eigenvalue weighted by atomic mass is 16.3. The summed E-state index contributed by atoms with van der Waals surface area (Å²) in [5.74, 6) is 0.546. The molecule has 0 saturated heterocycles. The first kappa shape index (κ1) is 44.8. The molecular formula is C59H64O4. The third kappa shape index (κ3) is 8.24. The molecule has 7 aromatic rings. The van der Waals surface area contributed by atoms with Crippen LogP contribution in [0.5, 0.6) is 23.0 Å². The molecule has 0 aliphatic heterocycles. The van der Waals surface area contributed by atoms with Crippen LogP contribution in [0.25, 0.3) is 0 Å². The molecule has 4 heteroatoms. The monoisotopic (exact) mass is 836 g/mol. The molecule has 0 spiro atoms. The van der Waals surface area contributed by atoms with Crippen molar-refractivity contribution in [3.63, 3.8) is 0 Å². The first-order valence-corrected chi connectivity index (χ1v) is 22.1. The van der Waals surface area contributed by atoms with E-state index in [-0.39, 0.29) is 22.3 Å². The number of phenolic OH excluding ortho intramolecular Hbond substituents is 4. The van der Waals surface area contributed by atoms with Crippen LogP contribution < -0.4 is 0 Å². The summed E-state index contributed by atoms with van der Waals surface area (Å²) in [5, 5.41) is 44.7. The molecule has 0 heterocycles. The van der Waals surface area contributed by atoms with E-state index in [1.54, 1.807) is 12.1 Å². The Bertz CT molecular complexity index is 2810. The van der Waals surface area contributed by atoms with E-state index < -0.39 is 16.7 Å².